The van der Waals surface area contributed by atoms with E-state index >= 15 is 0 Å². The zero-order valence-electron chi connectivity index (χ0n) is 20.4. The van der Waals surface area contributed by atoms with E-state index in [0.717, 1.165) is 22.0 Å². The van der Waals surface area contributed by atoms with Crippen LogP contribution in [0.2, 0.25) is 0 Å². The van der Waals surface area contributed by atoms with Crippen LogP contribution in [0.5, 0.6) is 5.75 Å². The van der Waals surface area contributed by atoms with Gasteiger partial charge in [-0.2, -0.15) is 0 Å². The number of benzene rings is 2. The van der Waals surface area contributed by atoms with Gasteiger partial charge in [0.2, 0.25) is 5.91 Å². The highest BCUT2D eigenvalue weighted by Crippen LogP contribution is 2.18. The lowest BCUT2D eigenvalue weighted by molar-refractivity contribution is -0.127. The molecule has 6 nitrogen and oxygen atoms in total. The highest BCUT2D eigenvalue weighted by Gasteiger charge is 2.24. The highest BCUT2D eigenvalue weighted by molar-refractivity contribution is 7.09. The predicted molar refractivity (Wildman–Crippen MR) is 140 cm³/mol. The van der Waals surface area contributed by atoms with Crippen LogP contribution in [0.15, 0.2) is 60.0 Å². The largest absolute Gasteiger partial charge is 0.487 e. The summed E-state index contributed by atoms with van der Waals surface area (Å²) in [6, 6.07) is 15.5. The molecule has 1 aliphatic heterocycles. The third kappa shape index (κ3) is 6.57. The molecule has 0 bridgehead atoms. The average Bonchev–Trinajstić information content (AvgIpc) is 3.31. The van der Waals surface area contributed by atoms with Gasteiger partial charge in [0.15, 0.2) is 0 Å². The summed E-state index contributed by atoms with van der Waals surface area (Å²) in [6.07, 6.45) is 3.39. The van der Waals surface area contributed by atoms with Crippen molar-refractivity contribution in [3.63, 3.8) is 0 Å². The zero-order valence-corrected chi connectivity index (χ0v) is 21.3. The van der Waals surface area contributed by atoms with Crippen LogP contribution in [0.25, 0.3) is 6.08 Å². The highest BCUT2D eigenvalue weighted by atomic mass is 32.1. The van der Waals surface area contributed by atoms with E-state index in [2.05, 4.69) is 18.8 Å². The summed E-state index contributed by atoms with van der Waals surface area (Å²) >= 11 is 1.60. The number of rotatable bonds is 7. The third-order valence-corrected chi connectivity index (χ3v) is 6.85. The lowest BCUT2D eigenvalue weighted by Crippen LogP contribution is -2.50. The number of hydrogen-bond donors (Lipinski definition) is 0. The SMILES string of the molecule is Cc1nc(COc2cccc(/C=C/C(=O)N3CCN(C(=O)c4ccc(C(C)C)cc4)CC3)c2)cs1. The molecule has 0 saturated carbocycles. The predicted octanol–water partition coefficient (Wildman–Crippen LogP) is 5.15. The van der Waals surface area contributed by atoms with Crippen LogP contribution in [0, 0.1) is 6.92 Å². The molecule has 4 rings (SSSR count). The number of nitrogens with zero attached hydrogens (tertiary/aromatic N) is 3. The first-order chi connectivity index (χ1) is 16.9. The Kier molecular flexibility index (Phi) is 7.98. The van der Waals surface area contributed by atoms with Crippen molar-refractivity contribution in [2.75, 3.05) is 26.2 Å². The van der Waals surface area contributed by atoms with Gasteiger partial charge in [0, 0.05) is 43.2 Å². The monoisotopic (exact) mass is 489 g/mol. The minimum absolute atomic E-state index is 0.0209. The van der Waals surface area contributed by atoms with E-state index in [1.807, 2.05) is 65.7 Å². The molecule has 1 fully saturated rings. The first-order valence-electron chi connectivity index (χ1n) is 11.9. The van der Waals surface area contributed by atoms with Crippen molar-refractivity contribution >= 4 is 29.2 Å². The topological polar surface area (TPSA) is 62.7 Å². The lowest BCUT2D eigenvalue weighted by atomic mass is 10.0. The van der Waals surface area contributed by atoms with Gasteiger partial charge in [-0.1, -0.05) is 38.1 Å². The Labute approximate surface area is 210 Å². The number of aryl methyl sites for hydroxylation is 1. The molecule has 2 amide bonds. The molecule has 1 saturated heterocycles. The molecule has 2 aromatic carbocycles. The fourth-order valence-electron chi connectivity index (χ4n) is 3.94. The molecule has 182 valence electrons. The van der Waals surface area contributed by atoms with Crippen molar-refractivity contribution in [2.24, 2.45) is 0 Å². The molecule has 0 atom stereocenters. The average molecular weight is 490 g/mol. The number of ether oxygens (including phenoxy) is 1. The zero-order chi connectivity index (χ0) is 24.8. The summed E-state index contributed by atoms with van der Waals surface area (Å²) in [5.74, 6) is 1.14. The number of piperazine rings is 1. The van der Waals surface area contributed by atoms with E-state index in [1.165, 1.54) is 5.56 Å². The molecule has 3 aromatic rings. The second-order valence-corrected chi connectivity index (χ2v) is 10.0. The summed E-state index contributed by atoms with van der Waals surface area (Å²) < 4.78 is 5.84. The maximum absolute atomic E-state index is 12.8. The van der Waals surface area contributed by atoms with Gasteiger partial charge in [0.1, 0.15) is 12.4 Å². The molecule has 1 aromatic heterocycles. The molecule has 7 heteroatoms. The number of thiazole rings is 1. The molecule has 0 N–H and O–H groups in total. The Morgan fingerprint density at radius 3 is 2.43 bits per heavy atom. The minimum atomic E-state index is -0.0531. The molecule has 1 aliphatic rings. The quantitative estimate of drug-likeness (QED) is 0.431. The Balaban J connectivity index is 1.27. The first kappa shape index (κ1) is 24.7. The minimum Gasteiger partial charge on any atom is -0.487 e. The van der Waals surface area contributed by atoms with Crippen LogP contribution < -0.4 is 4.74 Å². The molecule has 0 aliphatic carbocycles. The first-order valence-corrected chi connectivity index (χ1v) is 12.8. The summed E-state index contributed by atoms with van der Waals surface area (Å²) in [6.45, 7) is 8.77. The molecule has 2 heterocycles. The third-order valence-electron chi connectivity index (χ3n) is 6.03. The van der Waals surface area contributed by atoms with E-state index in [1.54, 1.807) is 28.4 Å². The summed E-state index contributed by atoms with van der Waals surface area (Å²) in [7, 11) is 0. The van der Waals surface area contributed by atoms with Gasteiger partial charge in [-0.25, -0.2) is 4.98 Å². The summed E-state index contributed by atoms with van der Waals surface area (Å²) in [5, 5.41) is 3.01. The molecular formula is C28H31N3O3S. The van der Waals surface area contributed by atoms with Gasteiger partial charge in [0.05, 0.1) is 10.7 Å². The summed E-state index contributed by atoms with van der Waals surface area (Å²) in [5.41, 5.74) is 3.72. The second kappa shape index (κ2) is 11.3. The molecular weight excluding hydrogens is 458 g/mol. The van der Waals surface area contributed by atoms with Crippen molar-refractivity contribution in [3.05, 3.63) is 87.4 Å². The van der Waals surface area contributed by atoms with E-state index in [0.29, 0.717) is 44.3 Å². The lowest BCUT2D eigenvalue weighted by Gasteiger charge is -2.34. The molecule has 35 heavy (non-hydrogen) atoms. The van der Waals surface area contributed by atoms with Crippen molar-refractivity contribution in [3.8, 4) is 5.75 Å². The Hall–Kier alpha value is -3.45. The Morgan fingerprint density at radius 1 is 1.06 bits per heavy atom. The van der Waals surface area contributed by atoms with E-state index in [-0.39, 0.29) is 11.8 Å². The second-order valence-electron chi connectivity index (χ2n) is 8.95. The van der Waals surface area contributed by atoms with Gasteiger partial charge < -0.3 is 14.5 Å². The van der Waals surface area contributed by atoms with Crippen LogP contribution in [0.1, 0.15) is 52.0 Å². The van der Waals surface area contributed by atoms with Crippen LogP contribution in [-0.4, -0.2) is 52.8 Å². The van der Waals surface area contributed by atoms with Crippen molar-refractivity contribution < 1.29 is 14.3 Å². The van der Waals surface area contributed by atoms with Crippen molar-refractivity contribution in [1.29, 1.82) is 0 Å². The Bertz CT molecular complexity index is 1190. The number of hydrogen-bond acceptors (Lipinski definition) is 5. The normalized spacial score (nSPS) is 14.1. The van der Waals surface area contributed by atoms with Gasteiger partial charge in [-0.05, 0) is 54.3 Å². The smallest absolute Gasteiger partial charge is 0.253 e. The van der Waals surface area contributed by atoms with E-state index in [4.69, 9.17) is 4.74 Å². The Morgan fingerprint density at radius 2 is 1.77 bits per heavy atom. The number of carbonyl (C=O) groups is 2. The standard InChI is InChI=1S/C28H31N3O3S/c1-20(2)23-8-10-24(11-9-23)28(33)31-15-13-30(14-16-31)27(32)12-7-22-5-4-6-26(17-22)34-18-25-19-35-21(3)29-25/h4-12,17,19-20H,13-16,18H2,1-3H3/b12-7+. The number of carbonyl (C=O) groups excluding carboxylic acids is 2. The van der Waals surface area contributed by atoms with Gasteiger partial charge in [0.25, 0.3) is 5.91 Å². The maximum atomic E-state index is 12.8. The maximum Gasteiger partial charge on any atom is 0.253 e. The molecule has 0 unspecified atom stereocenters. The van der Waals surface area contributed by atoms with Crippen molar-refractivity contribution in [2.45, 2.75) is 33.3 Å². The fourth-order valence-corrected chi connectivity index (χ4v) is 4.53. The molecule has 0 spiro atoms. The number of amides is 2. The van der Waals surface area contributed by atoms with Gasteiger partial charge in [-0.3, -0.25) is 9.59 Å². The fraction of sp³-hybridized carbons (Fsp3) is 0.321. The molecule has 0 radical (unpaired) electrons. The van der Waals surface area contributed by atoms with Crippen LogP contribution >= 0.6 is 11.3 Å². The van der Waals surface area contributed by atoms with E-state index < -0.39 is 0 Å². The number of aromatic nitrogens is 1. The van der Waals surface area contributed by atoms with Crippen LogP contribution in [0.3, 0.4) is 0 Å². The van der Waals surface area contributed by atoms with Crippen LogP contribution in [-0.2, 0) is 11.4 Å². The van der Waals surface area contributed by atoms with Crippen LogP contribution in [0.4, 0.5) is 0 Å². The van der Waals surface area contributed by atoms with Gasteiger partial charge in [-0.15, -0.1) is 11.3 Å². The van der Waals surface area contributed by atoms with Gasteiger partial charge >= 0.3 is 0 Å². The summed E-state index contributed by atoms with van der Waals surface area (Å²) in [4.78, 5) is 33.6. The van der Waals surface area contributed by atoms with Crippen molar-refractivity contribution in [1.82, 2.24) is 14.8 Å². The van der Waals surface area contributed by atoms with E-state index in [9.17, 15) is 9.59 Å².